The molecule has 0 aromatic heterocycles. The molecule has 0 fully saturated rings. The van der Waals surface area contributed by atoms with Gasteiger partial charge in [0.25, 0.3) is 0 Å². The van der Waals surface area contributed by atoms with E-state index in [4.69, 9.17) is 5.11 Å². The van der Waals surface area contributed by atoms with Gasteiger partial charge < -0.3 is 9.84 Å². The number of hydrogen-bond acceptors (Lipinski definition) is 3. The molecule has 0 unspecified atom stereocenters. The summed E-state index contributed by atoms with van der Waals surface area (Å²) in [4.78, 5) is 22.0. The highest BCUT2D eigenvalue weighted by Gasteiger charge is 2.12. The van der Waals surface area contributed by atoms with Crippen LogP contribution in [0.5, 0.6) is 0 Å². The zero-order valence-corrected chi connectivity index (χ0v) is 8.42. The predicted octanol–water partition coefficient (Wildman–Crippen LogP) is 1.84. The molecule has 0 aliphatic carbocycles. The Kier molecular flexibility index (Phi) is 4.03. The molecule has 82 valence electrons. The van der Waals surface area contributed by atoms with Crippen molar-refractivity contribution in [1.29, 1.82) is 0 Å². The van der Waals surface area contributed by atoms with Crippen LogP contribution in [0.3, 0.4) is 0 Å². The van der Waals surface area contributed by atoms with Gasteiger partial charge in [0, 0.05) is 6.08 Å². The van der Waals surface area contributed by atoms with E-state index in [1.807, 2.05) is 0 Å². The van der Waals surface area contributed by atoms with Crippen molar-refractivity contribution in [3.63, 3.8) is 0 Å². The summed E-state index contributed by atoms with van der Waals surface area (Å²) in [6, 6.07) is 8.32. The van der Waals surface area contributed by atoms with Crippen LogP contribution in [-0.2, 0) is 14.3 Å². The smallest absolute Gasteiger partial charge is 0.336 e. The van der Waals surface area contributed by atoms with E-state index in [1.165, 1.54) is 0 Å². The standard InChI is InChI=1S/C12H10O4/c1-2-16-11(13)8-10(12(14)15)9-6-4-3-5-7-9/h2-8H,1H2,(H,14,15)/b10-8+. The number of carboxylic acid groups (broad SMARTS) is 1. The van der Waals surface area contributed by atoms with Crippen molar-refractivity contribution in [2.24, 2.45) is 0 Å². The molecule has 0 radical (unpaired) electrons. The number of carbonyl (C=O) groups is 2. The predicted molar refractivity (Wildman–Crippen MR) is 58.3 cm³/mol. The molecule has 0 heterocycles. The van der Waals surface area contributed by atoms with E-state index in [1.54, 1.807) is 30.3 Å². The van der Waals surface area contributed by atoms with Crippen LogP contribution in [0.1, 0.15) is 5.56 Å². The molecule has 0 saturated carbocycles. The average Bonchev–Trinajstić information content (AvgIpc) is 2.27. The summed E-state index contributed by atoms with van der Waals surface area (Å²) in [7, 11) is 0. The Labute approximate surface area is 92.5 Å². The first kappa shape index (κ1) is 11.7. The Hall–Kier alpha value is -2.36. The quantitative estimate of drug-likeness (QED) is 0.476. The Morgan fingerprint density at radius 1 is 1.25 bits per heavy atom. The zero-order chi connectivity index (χ0) is 12.0. The molecule has 1 aromatic carbocycles. The second kappa shape index (κ2) is 5.50. The summed E-state index contributed by atoms with van der Waals surface area (Å²) in [5, 5.41) is 8.94. The van der Waals surface area contributed by atoms with E-state index in [9.17, 15) is 9.59 Å². The fraction of sp³-hybridized carbons (Fsp3) is 0. The van der Waals surface area contributed by atoms with Gasteiger partial charge in [-0.25, -0.2) is 9.59 Å². The third-order valence-corrected chi connectivity index (χ3v) is 1.78. The number of carbonyl (C=O) groups excluding carboxylic acids is 1. The fourth-order valence-electron chi connectivity index (χ4n) is 1.12. The van der Waals surface area contributed by atoms with Crippen LogP contribution in [0.2, 0.25) is 0 Å². The number of esters is 1. The van der Waals surface area contributed by atoms with Gasteiger partial charge in [-0.3, -0.25) is 0 Å². The van der Waals surface area contributed by atoms with Crippen molar-refractivity contribution < 1.29 is 19.4 Å². The summed E-state index contributed by atoms with van der Waals surface area (Å²) >= 11 is 0. The van der Waals surface area contributed by atoms with Gasteiger partial charge in [0.05, 0.1) is 11.8 Å². The Bertz CT molecular complexity index is 432. The zero-order valence-electron chi connectivity index (χ0n) is 8.42. The highest BCUT2D eigenvalue weighted by molar-refractivity contribution is 6.19. The first-order chi connectivity index (χ1) is 7.65. The lowest BCUT2D eigenvalue weighted by Crippen LogP contribution is -2.04. The van der Waals surface area contributed by atoms with Gasteiger partial charge >= 0.3 is 11.9 Å². The number of hydrogen-bond donors (Lipinski definition) is 1. The summed E-state index contributed by atoms with van der Waals surface area (Å²) in [5.41, 5.74) is 0.323. The van der Waals surface area contributed by atoms with Gasteiger partial charge in [-0.2, -0.15) is 0 Å². The minimum absolute atomic E-state index is 0.118. The van der Waals surface area contributed by atoms with Gasteiger partial charge in [0.15, 0.2) is 0 Å². The van der Waals surface area contributed by atoms with Gasteiger partial charge in [0.1, 0.15) is 0 Å². The first-order valence-electron chi connectivity index (χ1n) is 4.47. The highest BCUT2D eigenvalue weighted by atomic mass is 16.5. The number of carboxylic acids is 1. The first-order valence-corrected chi connectivity index (χ1v) is 4.47. The van der Waals surface area contributed by atoms with Crippen molar-refractivity contribution in [3.8, 4) is 0 Å². The molecule has 16 heavy (non-hydrogen) atoms. The molecule has 0 aliphatic rings. The van der Waals surface area contributed by atoms with Crippen molar-refractivity contribution in [3.05, 3.63) is 54.8 Å². The average molecular weight is 218 g/mol. The Morgan fingerprint density at radius 2 is 1.88 bits per heavy atom. The van der Waals surface area contributed by atoms with Gasteiger partial charge in [0.2, 0.25) is 0 Å². The Balaban J connectivity index is 3.05. The molecule has 1 N–H and O–H groups in total. The Morgan fingerprint density at radius 3 is 2.38 bits per heavy atom. The molecule has 0 amide bonds. The molecule has 0 aliphatic heterocycles. The summed E-state index contributed by atoms with van der Waals surface area (Å²) in [6.07, 6.45) is 1.86. The van der Waals surface area contributed by atoms with Crippen molar-refractivity contribution in [2.75, 3.05) is 0 Å². The lowest BCUT2D eigenvalue weighted by Gasteiger charge is -2.01. The second-order valence-electron chi connectivity index (χ2n) is 2.83. The summed E-state index contributed by atoms with van der Waals surface area (Å²) in [6.45, 7) is 3.21. The number of benzene rings is 1. The number of rotatable bonds is 4. The van der Waals surface area contributed by atoms with E-state index >= 15 is 0 Å². The van der Waals surface area contributed by atoms with Crippen molar-refractivity contribution in [2.45, 2.75) is 0 Å². The molecule has 0 bridgehead atoms. The minimum atomic E-state index is -1.19. The maximum atomic E-state index is 11.1. The lowest BCUT2D eigenvalue weighted by atomic mass is 10.1. The molecular formula is C12H10O4. The minimum Gasteiger partial charge on any atom is -0.478 e. The van der Waals surface area contributed by atoms with Crippen LogP contribution in [0, 0.1) is 0 Å². The third kappa shape index (κ3) is 3.09. The lowest BCUT2D eigenvalue weighted by molar-refractivity contribution is -0.134. The van der Waals surface area contributed by atoms with Gasteiger partial charge in [-0.05, 0) is 5.56 Å². The second-order valence-corrected chi connectivity index (χ2v) is 2.83. The highest BCUT2D eigenvalue weighted by Crippen LogP contribution is 2.14. The molecule has 0 saturated heterocycles. The summed E-state index contributed by atoms with van der Waals surface area (Å²) < 4.78 is 4.43. The molecule has 0 atom stereocenters. The molecular weight excluding hydrogens is 208 g/mol. The molecule has 4 nitrogen and oxygen atoms in total. The fourth-order valence-corrected chi connectivity index (χ4v) is 1.12. The molecule has 4 heteroatoms. The normalized spacial score (nSPS) is 10.6. The molecule has 0 spiro atoms. The maximum absolute atomic E-state index is 11.1. The van der Waals surface area contributed by atoms with Crippen LogP contribution >= 0.6 is 0 Å². The molecule has 1 rings (SSSR count). The van der Waals surface area contributed by atoms with Gasteiger partial charge in [-0.1, -0.05) is 36.9 Å². The van der Waals surface area contributed by atoms with Crippen LogP contribution in [0.25, 0.3) is 5.57 Å². The summed E-state index contributed by atoms with van der Waals surface area (Å²) in [5.74, 6) is -1.96. The SMILES string of the molecule is C=COC(=O)/C=C(/C(=O)O)c1ccccc1. The molecule has 1 aromatic rings. The monoisotopic (exact) mass is 218 g/mol. The van der Waals surface area contributed by atoms with E-state index in [0.29, 0.717) is 5.56 Å². The topological polar surface area (TPSA) is 63.6 Å². The van der Waals surface area contributed by atoms with Crippen LogP contribution < -0.4 is 0 Å². The van der Waals surface area contributed by atoms with E-state index in [0.717, 1.165) is 12.3 Å². The third-order valence-electron chi connectivity index (χ3n) is 1.78. The van der Waals surface area contributed by atoms with Crippen LogP contribution in [0.4, 0.5) is 0 Å². The number of ether oxygens (including phenoxy) is 1. The van der Waals surface area contributed by atoms with E-state index in [-0.39, 0.29) is 5.57 Å². The van der Waals surface area contributed by atoms with Crippen LogP contribution in [-0.4, -0.2) is 17.0 Å². The van der Waals surface area contributed by atoms with Crippen molar-refractivity contribution >= 4 is 17.5 Å². The van der Waals surface area contributed by atoms with Gasteiger partial charge in [-0.15, -0.1) is 0 Å². The van der Waals surface area contributed by atoms with Crippen molar-refractivity contribution in [1.82, 2.24) is 0 Å². The largest absolute Gasteiger partial charge is 0.478 e. The van der Waals surface area contributed by atoms with Crippen LogP contribution in [0.15, 0.2) is 49.2 Å². The van der Waals surface area contributed by atoms with E-state index < -0.39 is 11.9 Å². The maximum Gasteiger partial charge on any atom is 0.336 e. The van der Waals surface area contributed by atoms with E-state index in [2.05, 4.69) is 11.3 Å². The number of aliphatic carboxylic acids is 1.